The molecule has 1 saturated heterocycles. The number of aromatic amines is 1. The highest BCUT2D eigenvalue weighted by Gasteiger charge is 2.42. The SMILES string of the molecule is CC[C@@H]1CN2[C@H](CC#N)Cc3c([nH]c4ccccc34)[C@H]2CC1=O. The van der Waals surface area contributed by atoms with Gasteiger partial charge < -0.3 is 4.98 Å². The summed E-state index contributed by atoms with van der Waals surface area (Å²) in [6.45, 7) is 2.88. The number of fused-ring (bicyclic) bond motifs is 5. The van der Waals surface area contributed by atoms with E-state index in [-0.39, 0.29) is 18.0 Å². The second-order valence-corrected chi connectivity index (χ2v) is 6.77. The van der Waals surface area contributed by atoms with E-state index < -0.39 is 0 Å². The van der Waals surface area contributed by atoms with Gasteiger partial charge in [-0.1, -0.05) is 25.1 Å². The fourth-order valence-corrected chi connectivity index (χ4v) is 4.36. The number of rotatable bonds is 2. The van der Waals surface area contributed by atoms with Gasteiger partial charge in [-0.25, -0.2) is 0 Å². The Morgan fingerprint density at radius 1 is 1.35 bits per heavy atom. The van der Waals surface area contributed by atoms with Gasteiger partial charge in [-0.3, -0.25) is 9.69 Å². The number of benzene rings is 1. The van der Waals surface area contributed by atoms with Gasteiger partial charge >= 0.3 is 0 Å². The Balaban J connectivity index is 1.82. The molecule has 0 radical (unpaired) electrons. The average molecular weight is 307 g/mol. The first-order valence-corrected chi connectivity index (χ1v) is 8.47. The number of nitriles is 1. The first-order chi connectivity index (χ1) is 11.2. The molecular formula is C19H21N3O. The maximum Gasteiger partial charge on any atom is 0.139 e. The van der Waals surface area contributed by atoms with Crippen LogP contribution in [-0.4, -0.2) is 28.3 Å². The van der Waals surface area contributed by atoms with Crippen LogP contribution in [0.5, 0.6) is 0 Å². The number of para-hydroxylation sites is 1. The number of ketones is 1. The number of H-pyrrole nitrogens is 1. The summed E-state index contributed by atoms with van der Waals surface area (Å²) in [5, 5.41) is 10.5. The van der Waals surface area contributed by atoms with E-state index in [0.29, 0.717) is 18.6 Å². The molecule has 1 fully saturated rings. The molecule has 0 bridgehead atoms. The molecule has 3 atom stereocenters. The molecule has 0 amide bonds. The van der Waals surface area contributed by atoms with E-state index in [0.717, 1.165) is 24.9 Å². The number of carbonyl (C=O) groups excluding carboxylic acids is 1. The number of aromatic nitrogens is 1. The molecule has 2 aliphatic heterocycles. The molecule has 0 unspecified atom stereocenters. The lowest BCUT2D eigenvalue weighted by Gasteiger charge is -2.46. The third-order valence-electron chi connectivity index (χ3n) is 5.59. The van der Waals surface area contributed by atoms with Crippen LogP contribution in [0, 0.1) is 17.2 Å². The molecule has 0 aliphatic carbocycles. The van der Waals surface area contributed by atoms with Gasteiger partial charge in [0.25, 0.3) is 0 Å². The standard InChI is InChI=1S/C19H21N3O/c1-2-12-11-22-13(7-8-20)9-15-14-5-3-4-6-16(14)21-19(15)17(22)10-18(12)23/h3-6,12-13,17,21H,2,7,9-11H2,1H3/t12-,13-,17-/m1/s1. The Morgan fingerprint density at radius 3 is 2.96 bits per heavy atom. The minimum atomic E-state index is 0.111. The first kappa shape index (κ1) is 14.5. The van der Waals surface area contributed by atoms with E-state index in [2.05, 4.69) is 41.1 Å². The van der Waals surface area contributed by atoms with Crippen molar-refractivity contribution in [3.05, 3.63) is 35.5 Å². The van der Waals surface area contributed by atoms with Crippen LogP contribution in [0.25, 0.3) is 10.9 Å². The fraction of sp³-hybridized carbons (Fsp3) is 0.474. The Labute approximate surface area is 136 Å². The van der Waals surface area contributed by atoms with Crippen LogP contribution < -0.4 is 0 Å². The molecule has 3 heterocycles. The predicted molar refractivity (Wildman–Crippen MR) is 88.9 cm³/mol. The van der Waals surface area contributed by atoms with E-state index in [1.54, 1.807) is 0 Å². The van der Waals surface area contributed by atoms with Gasteiger partial charge in [0.15, 0.2) is 0 Å². The second kappa shape index (κ2) is 5.50. The third kappa shape index (κ3) is 2.19. The van der Waals surface area contributed by atoms with Crippen molar-refractivity contribution < 1.29 is 4.79 Å². The Kier molecular flexibility index (Phi) is 3.46. The largest absolute Gasteiger partial charge is 0.357 e. The van der Waals surface area contributed by atoms with Crippen LogP contribution in [0.3, 0.4) is 0 Å². The predicted octanol–water partition coefficient (Wildman–Crippen LogP) is 3.35. The van der Waals surface area contributed by atoms with Gasteiger partial charge in [0, 0.05) is 41.5 Å². The number of Topliss-reactive ketones (excluding diaryl/α,β-unsaturated/α-hetero) is 1. The van der Waals surface area contributed by atoms with E-state index in [1.165, 1.54) is 16.6 Å². The van der Waals surface area contributed by atoms with Crippen molar-refractivity contribution in [2.75, 3.05) is 6.54 Å². The molecule has 23 heavy (non-hydrogen) atoms. The molecule has 4 rings (SSSR count). The summed E-state index contributed by atoms with van der Waals surface area (Å²) in [6, 6.07) is 11.0. The van der Waals surface area contributed by atoms with Crippen LogP contribution in [0.4, 0.5) is 0 Å². The van der Waals surface area contributed by atoms with E-state index in [1.807, 2.05) is 6.07 Å². The number of nitrogens with one attached hydrogen (secondary N) is 1. The van der Waals surface area contributed by atoms with Crippen molar-refractivity contribution in [3.8, 4) is 6.07 Å². The maximum atomic E-state index is 12.5. The van der Waals surface area contributed by atoms with Gasteiger partial charge in [-0.15, -0.1) is 0 Å². The van der Waals surface area contributed by atoms with Crippen molar-refractivity contribution in [2.24, 2.45) is 5.92 Å². The number of hydrogen-bond acceptors (Lipinski definition) is 3. The summed E-state index contributed by atoms with van der Waals surface area (Å²) >= 11 is 0. The van der Waals surface area contributed by atoms with Crippen LogP contribution >= 0.6 is 0 Å². The molecule has 0 spiro atoms. The van der Waals surface area contributed by atoms with Gasteiger partial charge in [0.05, 0.1) is 18.5 Å². The molecule has 0 saturated carbocycles. The molecule has 4 nitrogen and oxygen atoms in total. The summed E-state index contributed by atoms with van der Waals surface area (Å²) < 4.78 is 0. The maximum absolute atomic E-state index is 12.5. The Hall–Kier alpha value is -2.12. The third-order valence-corrected chi connectivity index (χ3v) is 5.59. The number of hydrogen-bond donors (Lipinski definition) is 1. The van der Waals surface area contributed by atoms with Crippen LogP contribution in [-0.2, 0) is 11.2 Å². The minimum Gasteiger partial charge on any atom is -0.357 e. The lowest BCUT2D eigenvalue weighted by molar-refractivity contribution is -0.130. The number of nitrogens with zero attached hydrogens (tertiary/aromatic N) is 2. The zero-order chi connectivity index (χ0) is 16.0. The summed E-state index contributed by atoms with van der Waals surface area (Å²) in [7, 11) is 0. The lowest BCUT2D eigenvalue weighted by atomic mass is 9.81. The van der Waals surface area contributed by atoms with Crippen molar-refractivity contribution in [3.63, 3.8) is 0 Å². The van der Waals surface area contributed by atoms with Crippen molar-refractivity contribution >= 4 is 16.7 Å². The number of piperidine rings is 1. The fourth-order valence-electron chi connectivity index (χ4n) is 4.36. The summed E-state index contributed by atoms with van der Waals surface area (Å²) in [6.07, 6.45) is 2.88. The van der Waals surface area contributed by atoms with Crippen LogP contribution in [0.15, 0.2) is 24.3 Å². The van der Waals surface area contributed by atoms with E-state index >= 15 is 0 Å². The monoisotopic (exact) mass is 307 g/mol. The number of carbonyl (C=O) groups is 1. The lowest BCUT2D eigenvalue weighted by Crippen LogP contribution is -2.51. The van der Waals surface area contributed by atoms with Gasteiger partial charge in [0.2, 0.25) is 0 Å². The van der Waals surface area contributed by atoms with E-state index in [9.17, 15) is 10.1 Å². The summed E-state index contributed by atoms with van der Waals surface area (Å²) in [4.78, 5) is 18.4. The first-order valence-electron chi connectivity index (χ1n) is 8.47. The zero-order valence-electron chi connectivity index (χ0n) is 13.4. The highest BCUT2D eigenvalue weighted by molar-refractivity contribution is 5.87. The molecule has 4 heteroatoms. The second-order valence-electron chi connectivity index (χ2n) is 6.77. The quantitative estimate of drug-likeness (QED) is 0.925. The van der Waals surface area contributed by atoms with Crippen molar-refractivity contribution in [1.29, 1.82) is 5.26 Å². The van der Waals surface area contributed by atoms with Crippen molar-refractivity contribution in [1.82, 2.24) is 9.88 Å². The molecule has 118 valence electrons. The van der Waals surface area contributed by atoms with Crippen LogP contribution in [0.2, 0.25) is 0 Å². The highest BCUT2D eigenvalue weighted by atomic mass is 16.1. The molecule has 2 aromatic rings. The van der Waals surface area contributed by atoms with Gasteiger partial charge in [-0.05, 0) is 24.5 Å². The molecule has 1 aromatic heterocycles. The normalized spacial score (nSPS) is 27.5. The van der Waals surface area contributed by atoms with Crippen molar-refractivity contribution in [2.45, 2.75) is 44.7 Å². The van der Waals surface area contributed by atoms with E-state index in [4.69, 9.17) is 0 Å². The average Bonchev–Trinajstić information content (AvgIpc) is 2.93. The molecular weight excluding hydrogens is 286 g/mol. The molecule has 1 N–H and O–H groups in total. The topological polar surface area (TPSA) is 59.9 Å². The smallest absolute Gasteiger partial charge is 0.139 e. The Morgan fingerprint density at radius 2 is 2.17 bits per heavy atom. The summed E-state index contributed by atoms with van der Waals surface area (Å²) in [5.74, 6) is 0.495. The minimum absolute atomic E-state index is 0.111. The molecule has 2 aliphatic rings. The van der Waals surface area contributed by atoms with Gasteiger partial charge in [-0.2, -0.15) is 5.26 Å². The molecule has 1 aromatic carbocycles. The zero-order valence-corrected chi connectivity index (χ0v) is 13.4. The Bertz CT molecular complexity index is 801. The summed E-state index contributed by atoms with van der Waals surface area (Å²) in [5.41, 5.74) is 3.65. The van der Waals surface area contributed by atoms with Crippen LogP contribution in [0.1, 0.15) is 43.5 Å². The highest BCUT2D eigenvalue weighted by Crippen LogP contribution is 2.43. The van der Waals surface area contributed by atoms with Gasteiger partial charge in [0.1, 0.15) is 5.78 Å².